The fourth-order valence-corrected chi connectivity index (χ4v) is 3.09. The van der Waals surface area contributed by atoms with E-state index < -0.39 is 0 Å². The molecule has 0 spiro atoms. The van der Waals surface area contributed by atoms with Gasteiger partial charge in [0.25, 0.3) is 5.91 Å². The van der Waals surface area contributed by atoms with Gasteiger partial charge in [0.15, 0.2) is 0 Å². The lowest BCUT2D eigenvalue weighted by Crippen LogP contribution is -2.43. The minimum Gasteiger partial charge on any atom is -0.326 e. The first kappa shape index (κ1) is 13.4. The van der Waals surface area contributed by atoms with Crippen LogP contribution in [0.25, 0.3) is 0 Å². The Morgan fingerprint density at radius 3 is 2.85 bits per heavy atom. The first-order valence-corrected chi connectivity index (χ1v) is 7.43. The Hall–Kier alpha value is -1.55. The second-order valence-corrected chi connectivity index (χ2v) is 5.79. The summed E-state index contributed by atoms with van der Waals surface area (Å²) in [6.45, 7) is 2.21. The topological polar surface area (TPSA) is 44.7 Å². The van der Waals surface area contributed by atoms with Gasteiger partial charge < -0.3 is 5.32 Å². The molecule has 106 valence electrons. The van der Waals surface area contributed by atoms with Gasteiger partial charge in [-0.15, -0.1) is 0 Å². The van der Waals surface area contributed by atoms with Gasteiger partial charge in [-0.2, -0.15) is 0 Å². The van der Waals surface area contributed by atoms with Crippen LogP contribution in [0.15, 0.2) is 23.2 Å². The second-order valence-electron chi connectivity index (χ2n) is 5.38. The molecule has 1 N–H and O–H groups in total. The van der Waals surface area contributed by atoms with Crippen LogP contribution < -0.4 is 5.32 Å². The van der Waals surface area contributed by atoms with Crippen LogP contribution in [-0.2, 0) is 4.79 Å². The molecule has 0 unspecified atom stereocenters. The predicted octanol–water partition coefficient (Wildman–Crippen LogP) is 3.20. The molecule has 1 aromatic rings. The Kier molecular flexibility index (Phi) is 3.66. The zero-order valence-electron chi connectivity index (χ0n) is 11.5. The summed E-state index contributed by atoms with van der Waals surface area (Å²) in [4.78, 5) is 18.2. The molecule has 1 heterocycles. The van der Waals surface area contributed by atoms with Gasteiger partial charge in [0.2, 0.25) is 5.96 Å². The van der Waals surface area contributed by atoms with Gasteiger partial charge in [-0.1, -0.05) is 30.5 Å². The normalized spacial score (nSPS) is 19.6. The summed E-state index contributed by atoms with van der Waals surface area (Å²) in [5.74, 6) is 0.770. The molecule has 1 aliphatic heterocycles. The number of hydrogen-bond donors (Lipinski definition) is 1. The fourth-order valence-electron chi connectivity index (χ4n) is 2.92. The lowest BCUT2D eigenvalue weighted by molar-refractivity contribution is -0.126. The number of carbonyl (C=O) groups is 1. The molecule has 0 saturated heterocycles. The minimum atomic E-state index is 0.0964. The molecule has 2 aliphatic rings. The summed E-state index contributed by atoms with van der Waals surface area (Å²) in [5.41, 5.74) is 1.89. The molecule has 1 saturated carbocycles. The van der Waals surface area contributed by atoms with Crippen molar-refractivity contribution in [3.63, 3.8) is 0 Å². The molecule has 5 heteroatoms. The van der Waals surface area contributed by atoms with Crippen molar-refractivity contribution in [3.8, 4) is 0 Å². The van der Waals surface area contributed by atoms with Crippen LogP contribution in [0.5, 0.6) is 0 Å². The van der Waals surface area contributed by atoms with Crippen molar-refractivity contribution in [2.75, 3.05) is 11.9 Å². The van der Waals surface area contributed by atoms with Crippen molar-refractivity contribution in [1.29, 1.82) is 0 Å². The summed E-state index contributed by atoms with van der Waals surface area (Å²) < 4.78 is 0. The van der Waals surface area contributed by atoms with Crippen LogP contribution in [0.4, 0.5) is 5.69 Å². The molecular formula is C15H18ClN3O. The van der Waals surface area contributed by atoms with Gasteiger partial charge >= 0.3 is 0 Å². The highest BCUT2D eigenvalue weighted by atomic mass is 35.5. The average Bonchev–Trinajstić information content (AvgIpc) is 3.05. The van der Waals surface area contributed by atoms with Gasteiger partial charge in [-0.3, -0.25) is 9.69 Å². The van der Waals surface area contributed by atoms with E-state index in [1.807, 2.05) is 30.0 Å². The zero-order valence-corrected chi connectivity index (χ0v) is 12.3. The molecule has 1 fully saturated rings. The predicted molar refractivity (Wildman–Crippen MR) is 81.2 cm³/mol. The number of nitrogens with one attached hydrogen (secondary N) is 1. The lowest BCUT2D eigenvalue weighted by Gasteiger charge is -2.26. The van der Waals surface area contributed by atoms with E-state index in [9.17, 15) is 4.79 Å². The third-order valence-electron chi connectivity index (χ3n) is 4.06. The Morgan fingerprint density at radius 1 is 1.35 bits per heavy atom. The minimum absolute atomic E-state index is 0.0964. The van der Waals surface area contributed by atoms with Gasteiger partial charge in [0, 0.05) is 16.8 Å². The summed E-state index contributed by atoms with van der Waals surface area (Å²) in [6, 6.07) is 6.02. The monoisotopic (exact) mass is 291 g/mol. The molecule has 1 aromatic carbocycles. The summed E-state index contributed by atoms with van der Waals surface area (Å²) in [6.07, 6.45) is 4.53. The number of amides is 1. The molecule has 0 bridgehead atoms. The lowest BCUT2D eigenvalue weighted by atomic mass is 10.2. The third kappa shape index (κ3) is 2.40. The molecule has 0 atom stereocenters. The van der Waals surface area contributed by atoms with E-state index in [2.05, 4.69) is 10.3 Å². The molecule has 3 rings (SSSR count). The SMILES string of the molecule is Cc1c(Cl)cccc1NC1=NCC(=O)N1C1CCCC1. The molecule has 1 aliphatic carbocycles. The van der Waals surface area contributed by atoms with Crippen molar-refractivity contribution >= 4 is 29.2 Å². The van der Waals surface area contributed by atoms with Gasteiger partial charge in [0.05, 0.1) is 0 Å². The van der Waals surface area contributed by atoms with Crippen LogP contribution in [0.3, 0.4) is 0 Å². The third-order valence-corrected chi connectivity index (χ3v) is 4.47. The quantitative estimate of drug-likeness (QED) is 0.909. The van der Waals surface area contributed by atoms with Crippen LogP contribution in [0.2, 0.25) is 5.02 Å². The molecular weight excluding hydrogens is 274 g/mol. The van der Waals surface area contributed by atoms with Crippen molar-refractivity contribution in [3.05, 3.63) is 28.8 Å². The number of benzene rings is 1. The number of hydrogen-bond acceptors (Lipinski definition) is 3. The number of rotatable bonds is 2. The highest BCUT2D eigenvalue weighted by molar-refractivity contribution is 6.31. The number of guanidine groups is 1. The summed E-state index contributed by atoms with van der Waals surface area (Å²) in [7, 11) is 0. The summed E-state index contributed by atoms with van der Waals surface area (Å²) >= 11 is 6.13. The number of anilines is 1. The number of carbonyl (C=O) groups excluding carboxylic acids is 1. The average molecular weight is 292 g/mol. The van der Waals surface area contributed by atoms with Crippen molar-refractivity contribution in [2.45, 2.75) is 38.6 Å². The number of nitrogens with zero attached hydrogens (tertiary/aromatic N) is 2. The van der Waals surface area contributed by atoms with Crippen LogP contribution in [0, 0.1) is 6.92 Å². The maximum atomic E-state index is 12.1. The van der Waals surface area contributed by atoms with E-state index in [0.29, 0.717) is 17.0 Å². The van der Waals surface area contributed by atoms with Crippen molar-refractivity contribution in [1.82, 2.24) is 4.90 Å². The zero-order chi connectivity index (χ0) is 14.1. The van der Waals surface area contributed by atoms with Gasteiger partial charge in [-0.05, 0) is 37.5 Å². The molecule has 0 aromatic heterocycles. The van der Waals surface area contributed by atoms with E-state index >= 15 is 0 Å². The molecule has 4 nitrogen and oxygen atoms in total. The standard InChI is InChI=1S/C15H18ClN3O/c1-10-12(16)7-4-8-13(10)18-15-17-9-14(20)19(15)11-5-2-3-6-11/h4,7-8,11H,2-3,5-6,9H2,1H3,(H,17,18). The van der Waals surface area contributed by atoms with Gasteiger partial charge in [0.1, 0.15) is 6.54 Å². The van der Waals surface area contributed by atoms with E-state index in [0.717, 1.165) is 24.1 Å². The van der Waals surface area contributed by atoms with Crippen LogP contribution >= 0.6 is 11.6 Å². The van der Waals surface area contributed by atoms with E-state index in [4.69, 9.17) is 11.6 Å². The van der Waals surface area contributed by atoms with E-state index in [1.165, 1.54) is 12.8 Å². The van der Waals surface area contributed by atoms with Crippen molar-refractivity contribution < 1.29 is 4.79 Å². The fraction of sp³-hybridized carbons (Fsp3) is 0.467. The van der Waals surface area contributed by atoms with Gasteiger partial charge in [-0.25, -0.2) is 4.99 Å². The first-order chi connectivity index (χ1) is 9.66. The Balaban J connectivity index is 1.82. The Morgan fingerprint density at radius 2 is 2.10 bits per heavy atom. The molecule has 1 amide bonds. The maximum absolute atomic E-state index is 12.1. The highest BCUT2D eigenvalue weighted by Crippen LogP contribution is 2.28. The smallest absolute Gasteiger partial charge is 0.251 e. The maximum Gasteiger partial charge on any atom is 0.251 e. The largest absolute Gasteiger partial charge is 0.326 e. The van der Waals surface area contributed by atoms with Crippen LogP contribution in [0.1, 0.15) is 31.2 Å². The number of aliphatic imine (C=N–C) groups is 1. The first-order valence-electron chi connectivity index (χ1n) is 7.05. The van der Waals surface area contributed by atoms with E-state index in [1.54, 1.807) is 0 Å². The second kappa shape index (κ2) is 5.44. The van der Waals surface area contributed by atoms with E-state index in [-0.39, 0.29) is 12.5 Å². The Bertz CT molecular complexity index is 564. The number of halogens is 1. The molecule has 0 radical (unpaired) electrons. The van der Waals surface area contributed by atoms with Crippen molar-refractivity contribution in [2.24, 2.45) is 4.99 Å². The molecule has 20 heavy (non-hydrogen) atoms. The summed E-state index contributed by atoms with van der Waals surface area (Å²) in [5, 5.41) is 3.99. The van der Waals surface area contributed by atoms with Crippen LogP contribution in [-0.4, -0.2) is 29.4 Å². The highest BCUT2D eigenvalue weighted by Gasteiger charge is 2.34. The Labute approximate surface area is 123 Å².